The van der Waals surface area contributed by atoms with Gasteiger partial charge in [0.05, 0.1) is 6.04 Å². The van der Waals surface area contributed by atoms with Gasteiger partial charge in [-0.25, -0.2) is 0 Å². The van der Waals surface area contributed by atoms with Crippen molar-refractivity contribution in [1.29, 1.82) is 0 Å². The Hall–Kier alpha value is -2.49. The molecule has 1 unspecified atom stereocenters. The van der Waals surface area contributed by atoms with Crippen LogP contribution in [0.15, 0.2) is 48.5 Å². The molecule has 2 aromatic carbocycles. The molecule has 0 radical (unpaired) electrons. The summed E-state index contributed by atoms with van der Waals surface area (Å²) in [6.45, 7) is 1.88. The number of benzene rings is 2. The third-order valence-electron chi connectivity index (χ3n) is 3.45. The SMILES string of the molecule is CC(c1ccccc1O)N(C)C(=O)c1ccc(N)cc1. The van der Waals surface area contributed by atoms with E-state index in [0.717, 1.165) is 5.56 Å². The average Bonchev–Trinajstić information content (AvgIpc) is 2.46. The summed E-state index contributed by atoms with van der Waals surface area (Å²) in [4.78, 5) is 14.0. The number of phenols is 1. The first kappa shape index (κ1) is 13.9. The van der Waals surface area contributed by atoms with Crippen LogP contribution in [0.4, 0.5) is 5.69 Å². The Morgan fingerprint density at radius 1 is 1.15 bits per heavy atom. The molecule has 0 spiro atoms. The third kappa shape index (κ3) is 2.74. The largest absolute Gasteiger partial charge is 0.508 e. The number of aromatic hydroxyl groups is 1. The monoisotopic (exact) mass is 270 g/mol. The van der Waals surface area contributed by atoms with Crippen molar-refractivity contribution in [2.75, 3.05) is 12.8 Å². The van der Waals surface area contributed by atoms with E-state index in [1.807, 2.05) is 19.1 Å². The van der Waals surface area contributed by atoms with Crippen molar-refractivity contribution >= 4 is 11.6 Å². The van der Waals surface area contributed by atoms with Gasteiger partial charge in [0.15, 0.2) is 0 Å². The van der Waals surface area contributed by atoms with Crippen LogP contribution in [0.25, 0.3) is 0 Å². The van der Waals surface area contributed by atoms with Gasteiger partial charge < -0.3 is 15.7 Å². The Bertz CT molecular complexity index is 608. The maximum absolute atomic E-state index is 12.4. The van der Waals surface area contributed by atoms with Gasteiger partial charge in [0.2, 0.25) is 0 Å². The molecule has 20 heavy (non-hydrogen) atoms. The molecule has 104 valence electrons. The normalized spacial score (nSPS) is 11.9. The van der Waals surface area contributed by atoms with Crippen molar-refractivity contribution < 1.29 is 9.90 Å². The minimum Gasteiger partial charge on any atom is -0.508 e. The predicted octanol–water partition coefficient (Wildman–Crippen LogP) is 2.81. The lowest BCUT2D eigenvalue weighted by Crippen LogP contribution is -2.29. The molecule has 1 amide bonds. The zero-order chi connectivity index (χ0) is 14.7. The number of nitrogens with two attached hydrogens (primary N) is 1. The number of para-hydroxylation sites is 1. The zero-order valence-electron chi connectivity index (χ0n) is 11.6. The predicted molar refractivity (Wildman–Crippen MR) is 79.5 cm³/mol. The highest BCUT2D eigenvalue weighted by molar-refractivity contribution is 5.94. The molecule has 0 bridgehead atoms. The van der Waals surface area contributed by atoms with Gasteiger partial charge in [0, 0.05) is 23.9 Å². The van der Waals surface area contributed by atoms with E-state index in [4.69, 9.17) is 5.73 Å². The second-order valence-corrected chi connectivity index (χ2v) is 4.77. The fourth-order valence-corrected chi connectivity index (χ4v) is 2.05. The van der Waals surface area contributed by atoms with Crippen LogP contribution < -0.4 is 5.73 Å². The van der Waals surface area contributed by atoms with E-state index < -0.39 is 0 Å². The smallest absolute Gasteiger partial charge is 0.254 e. The van der Waals surface area contributed by atoms with Crippen LogP contribution in [-0.4, -0.2) is 23.0 Å². The van der Waals surface area contributed by atoms with E-state index >= 15 is 0 Å². The van der Waals surface area contributed by atoms with Crippen molar-refractivity contribution in [3.8, 4) is 5.75 Å². The number of anilines is 1. The van der Waals surface area contributed by atoms with Crippen molar-refractivity contribution in [3.05, 3.63) is 59.7 Å². The maximum Gasteiger partial charge on any atom is 0.254 e. The number of carbonyl (C=O) groups excluding carboxylic acids is 1. The fourth-order valence-electron chi connectivity index (χ4n) is 2.05. The van der Waals surface area contributed by atoms with Gasteiger partial charge in [-0.05, 0) is 37.3 Å². The highest BCUT2D eigenvalue weighted by Gasteiger charge is 2.20. The Morgan fingerprint density at radius 3 is 2.35 bits per heavy atom. The number of amides is 1. The quantitative estimate of drug-likeness (QED) is 0.843. The minimum atomic E-state index is -0.221. The number of nitrogen functional groups attached to an aromatic ring is 1. The summed E-state index contributed by atoms with van der Waals surface area (Å²) in [6.07, 6.45) is 0. The molecule has 0 aliphatic heterocycles. The number of phenolic OH excluding ortho intramolecular Hbond substituents is 1. The van der Waals surface area contributed by atoms with Crippen LogP contribution in [0.3, 0.4) is 0 Å². The molecule has 1 atom stereocenters. The zero-order valence-corrected chi connectivity index (χ0v) is 11.6. The number of carbonyl (C=O) groups is 1. The second-order valence-electron chi connectivity index (χ2n) is 4.77. The first-order valence-corrected chi connectivity index (χ1v) is 6.41. The Kier molecular flexibility index (Phi) is 3.94. The summed E-state index contributed by atoms with van der Waals surface area (Å²) in [7, 11) is 1.72. The summed E-state index contributed by atoms with van der Waals surface area (Å²) in [5, 5.41) is 9.86. The van der Waals surface area contributed by atoms with Crippen molar-refractivity contribution in [1.82, 2.24) is 4.90 Å². The molecule has 0 aliphatic carbocycles. The number of rotatable bonds is 3. The highest BCUT2D eigenvalue weighted by atomic mass is 16.3. The summed E-state index contributed by atoms with van der Waals surface area (Å²) < 4.78 is 0. The summed E-state index contributed by atoms with van der Waals surface area (Å²) in [5.74, 6) is 0.0812. The standard InChI is InChI=1S/C16H18N2O2/c1-11(14-5-3-4-6-15(14)19)18(2)16(20)12-7-9-13(17)10-8-12/h3-11,19H,17H2,1-2H3. The Morgan fingerprint density at radius 2 is 1.75 bits per heavy atom. The molecule has 0 saturated carbocycles. The maximum atomic E-state index is 12.4. The fraction of sp³-hybridized carbons (Fsp3) is 0.188. The highest BCUT2D eigenvalue weighted by Crippen LogP contribution is 2.28. The minimum absolute atomic E-state index is 0.110. The number of hydrogen-bond donors (Lipinski definition) is 2. The molecule has 2 rings (SSSR count). The van der Waals surface area contributed by atoms with E-state index in [2.05, 4.69) is 0 Å². The van der Waals surface area contributed by atoms with Gasteiger partial charge in [-0.2, -0.15) is 0 Å². The first-order chi connectivity index (χ1) is 9.50. The van der Waals surface area contributed by atoms with Gasteiger partial charge in [-0.1, -0.05) is 18.2 Å². The first-order valence-electron chi connectivity index (χ1n) is 6.41. The van der Waals surface area contributed by atoms with Crippen LogP contribution >= 0.6 is 0 Å². The van der Waals surface area contributed by atoms with E-state index in [9.17, 15) is 9.90 Å². The Labute approximate surface area is 118 Å². The topological polar surface area (TPSA) is 66.6 Å². The molecule has 0 fully saturated rings. The molecule has 0 saturated heterocycles. The van der Waals surface area contributed by atoms with E-state index in [-0.39, 0.29) is 17.7 Å². The number of nitrogens with zero attached hydrogens (tertiary/aromatic N) is 1. The molecule has 3 N–H and O–H groups in total. The Balaban J connectivity index is 2.22. The van der Waals surface area contributed by atoms with Gasteiger partial charge in [0.25, 0.3) is 5.91 Å². The van der Waals surface area contributed by atoms with Crippen LogP contribution in [0, 0.1) is 0 Å². The van der Waals surface area contributed by atoms with Gasteiger partial charge in [-0.3, -0.25) is 4.79 Å². The molecule has 0 heterocycles. The molecular weight excluding hydrogens is 252 g/mol. The second kappa shape index (κ2) is 5.65. The van der Waals surface area contributed by atoms with Crippen LogP contribution in [0.2, 0.25) is 0 Å². The van der Waals surface area contributed by atoms with Crippen LogP contribution in [0.1, 0.15) is 28.9 Å². The van der Waals surface area contributed by atoms with Crippen molar-refractivity contribution in [3.63, 3.8) is 0 Å². The molecule has 2 aromatic rings. The van der Waals surface area contributed by atoms with Crippen LogP contribution in [-0.2, 0) is 0 Å². The lowest BCUT2D eigenvalue weighted by Gasteiger charge is -2.26. The summed E-state index contributed by atoms with van der Waals surface area (Å²) >= 11 is 0. The van der Waals surface area contributed by atoms with Crippen molar-refractivity contribution in [2.45, 2.75) is 13.0 Å². The van der Waals surface area contributed by atoms with Gasteiger partial charge in [-0.15, -0.1) is 0 Å². The lowest BCUT2D eigenvalue weighted by molar-refractivity contribution is 0.0741. The van der Waals surface area contributed by atoms with Crippen molar-refractivity contribution in [2.24, 2.45) is 0 Å². The summed E-state index contributed by atoms with van der Waals surface area (Å²) in [5.41, 5.74) is 7.53. The lowest BCUT2D eigenvalue weighted by atomic mass is 10.0. The summed E-state index contributed by atoms with van der Waals surface area (Å²) in [6, 6.07) is 13.6. The van der Waals surface area contributed by atoms with E-state index in [1.54, 1.807) is 48.3 Å². The van der Waals surface area contributed by atoms with Gasteiger partial charge >= 0.3 is 0 Å². The molecule has 4 heteroatoms. The molecule has 0 aromatic heterocycles. The van der Waals surface area contributed by atoms with E-state index in [0.29, 0.717) is 11.3 Å². The molecule has 0 aliphatic rings. The third-order valence-corrected chi connectivity index (χ3v) is 3.45. The average molecular weight is 270 g/mol. The molecule has 4 nitrogen and oxygen atoms in total. The number of hydrogen-bond acceptors (Lipinski definition) is 3. The molecular formula is C16H18N2O2. The van der Waals surface area contributed by atoms with Crippen LogP contribution in [0.5, 0.6) is 5.75 Å². The van der Waals surface area contributed by atoms with E-state index in [1.165, 1.54) is 0 Å². The van der Waals surface area contributed by atoms with Gasteiger partial charge in [0.1, 0.15) is 5.75 Å².